The molecule has 8 nitrogen and oxygen atoms in total. The van der Waals surface area contributed by atoms with Gasteiger partial charge in [-0.05, 0) is 49.9 Å². The van der Waals surface area contributed by atoms with E-state index in [9.17, 15) is 9.59 Å². The number of carbonyl (C=O) groups is 1. The fourth-order valence-electron chi connectivity index (χ4n) is 5.16. The van der Waals surface area contributed by atoms with Crippen LogP contribution in [-0.2, 0) is 11.3 Å². The molecule has 1 aliphatic heterocycles. The van der Waals surface area contributed by atoms with Gasteiger partial charge in [0, 0.05) is 48.7 Å². The molecule has 1 saturated carbocycles. The monoisotopic (exact) mass is 506 g/mol. The first kappa shape index (κ1) is 24.4. The number of amides is 1. The van der Waals surface area contributed by atoms with E-state index in [0.717, 1.165) is 55.0 Å². The number of benzene rings is 1. The predicted molar refractivity (Wildman–Crippen MR) is 140 cm³/mol. The summed E-state index contributed by atoms with van der Waals surface area (Å²) in [6.07, 6.45) is 8.01. The Morgan fingerprint density at radius 2 is 1.83 bits per heavy atom. The number of nitrogens with one attached hydrogen (secondary N) is 1. The minimum Gasteiger partial charge on any atom is -0.354 e. The summed E-state index contributed by atoms with van der Waals surface area (Å²) in [5, 5.41) is 12.5. The van der Waals surface area contributed by atoms with Crippen molar-refractivity contribution in [2.45, 2.75) is 51.0 Å². The Kier molecular flexibility index (Phi) is 7.60. The lowest BCUT2D eigenvalue weighted by molar-refractivity contribution is -0.125. The van der Waals surface area contributed by atoms with Crippen molar-refractivity contribution in [1.29, 1.82) is 0 Å². The summed E-state index contributed by atoms with van der Waals surface area (Å²) >= 11 is 5.97. The molecule has 3 aromatic rings. The van der Waals surface area contributed by atoms with E-state index in [4.69, 9.17) is 11.6 Å². The van der Waals surface area contributed by atoms with E-state index >= 15 is 0 Å². The van der Waals surface area contributed by atoms with Gasteiger partial charge in [-0.25, -0.2) is 4.98 Å². The minimum atomic E-state index is -0.129. The third-order valence-electron chi connectivity index (χ3n) is 7.23. The Balaban J connectivity index is 1.13. The topological polar surface area (TPSA) is 93.0 Å². The van der Waals surface area contributed by atoms with Gasteiger partial charge in [0.15, 0.2) is 5.82 Å². The van der Waals surface area contributed by atoms with Crippen molar-refractivity contribution in [2.24, 2.45) is 5.92 Å². The molecule has 1 aromatic carbocycles. The normalized spacial score (nSPS) is 18.4. The number of piperidine rings is 1. The highest BCUT2D eigenvalue weighted by atomic mass is 35.5. The molecule has 1 atom stereocenters. The largest absolute Gasteiger partial charge is 0.354 e. The van der Waals surface area contributed by atoms with E-state index < -0.39 is 0 Å². The standard InChI is InChI=1S/C27H31ClN6O2/c28-22-9-7-20(8-10-22)23-11-12-25(32-31-23)33-14-3-6-21(17-33)27(36)29-13-15-34-18-30-24(16-26(34)35)19-4-1-2-5-19/h7-12,16,18-19,21H,1-6,13-15,17H2,(H,29,36). The molecule has 1 saturated heterocycles. The molecule has 9 heteroatoms. The molecular formula is C27H31ClN6O2. The van der Waals surface area contributed by atoms with Crippen LogP contribution in [0, 0.1) is 5.92 Å². The van der Waals surface area contributed by atoms with Crippen LogP contribution in [-0.4, -0.2) is 45.3 Å². The summed E-state index contributed by atoms with van der Waals surface area (Å²) in [6, 6.07) is 13.1. The first-order valence-electron chi connectivity index (χ1n) is 12.8. The lowest BCUT2D eigenvalue weighted by Gasteiger charge is -2.32. The molecule has 2 fully saturated rings. The molecule has 5 rings (SSSR count). The Hall–Kier alpha value is -3.26. The van der Waals surface area contributed by atoms with Crippen LogP contribution in [0.15, 0.2) is 53.6 Å². The van der Waals surface area contributed by atoms with Crippen LogP contribution >= 0.6 is 11.6 Å². The van der Waals surface area contributed by atoms with Crippen LogP contribution in [0.2, 0.25) is 5.02 Å². The molecule has 3 heterocycles. The van der Waals surface area contributed by atoms with Gasteiger partial charge in [-0.15, -0.1) is 10.2 Å². The van der Waals surface area contributed by atoms with E-state index in [0.29, 0.717) is 30.6 Å². The van der Waals surface area contributed by atoms with E-state index in [1.165, 1.54) is 12.8 Å². The Morgan fingerprint density at radius 3 is 2.56 bits per heavy atom. The molecule has 1 unspecified atom stereocenters. The zero-order valence-corrected chi connectivity index (χ0v) is 21.0. The van der Waals surface area contributed by atoms with Gasteiger partial charge in [-0.1, -0.05) is 36.6 Å². The summed E-state index contributed by atoms with van der Waals surface area (Å²) in [5.41, 5.74) is 2.59. The predicted octanol–water partition coefficient (Wildman–Crippen LogP) is 4.04. The van der Waals surface area contributed by atoms with Crippen molar-refractivity contribution in [3.05, 3.63) is 69.9 Å². The number of halogens is 1. The average molecular weight is 507 g/mol. The van der Waals surface area contributed by atoms with Crippen LogP contribution in [0.25, 0.3) is 11.3 Å². The second-order valence-corrected chi connectivity index (χ2v) is 10.1. The zero-order valence-electron chi connectivity index (χ0n) is 20.3. The SMILES string of the molecule is O=C(NCCn1cnc(C2CCCC2)cc1=O)C1CCCN(c2ccc(-c3ccc(Cl)cc3)nn2)C1. The van der Waals surface area contributed by atoms with Gasteiger partial charge in [0.25, 0.3) is 5.56 Å². The average Bonchev–Trinajstić information content (AvgIpc) is 3.45. The quantitative estimate of drug-likeness (QED) is 0.519. The van der Waals surface area contributed by atoms with Gasteiger partial charge in [-0.3, -0.25) is 14.2 Å². The van der Waals surface area contributed by atoms with Crippen molar-refractivity contribution in [3.63, 3.8) is 0 Å². The van der Waals surface area contributed by atoms with Crippen molar-refractivity contribution >= 4 is 23.3 Å². The smallest absolute Gasteiger partial charge is 0.253 e. The molecule has 36 heavy (non-hydrogen) atoms. The minimum absolute atomic E-state index is 0.00836. The summed E-state index contributed by atoms with van der Waals surface area (Å²) in [6.45, 7) is 2.25. The maximum atomic E-state index is 12.9. The van der Waals surface area contributed by atoms with Crippen molar-refractivity contribution < 1.29 is 4.79 Å². The number of rotatable bonds is 7. The zero-order chi connectivity index (χ0) is 24.9. The molecule has 2 aromatic heterocycles. The molecule has 0 bridgehead atoms. The van der Waals surface area contributed by atoms with Crippen molar-refractivity contribution in [1.82, 2.24) is 25.1 Å². The van der Waals surface area contributed by atoms with Gasteiger partial charge < -0.3 is 10.2 Å². The maximum Gasteiger partial charge on any atom is 0.253 e. The van der Waals surface area contributed by atoms with Crippen LogP contribution in [0.5, 0.6) is 0 Å². The first-order valence-corrected chi connectivity index (χ1v) is 13.1. The van der Waals surface area contributed by atoms with E-state index in [-0.39, 0.29) is 17.4 Å². The molecule has 1 aliphatic carbocycles. The van der Waals surface area contributed by atoms with E-state index in [1.807, 2.05) is 36.4 Å². The van der Waals surface area contributed by atoms with Crippen molar-refractivity contribution in [3.8, 4) is 11.3 Å². The van der Waals surface area contributed by atoms with E-state index in [2.05, 4.69) is 25.4 Å². The molecule has 0 radical (unpaired) electrons. The second-order valence-electron chi connectivity index (χ2n) is 9.69. The Labute approximate surface area is 215 Å². The second kappa shape index (κ2) is 11.2. The Morgan fingerprint density at radius 1 is 1.03 bits per heavy atom. The lowest BCUT2D eigenvalue weighted by Crippen LogP contribution is -2.44. The fraction of sp³-hybridized carbons (Fsp3) is 0.444. The third kappa shape index (κ3) is 5.75. The van der Waals surface area contributed by atoms with Gasteiger partial charge in [0.1, 0.15) is 0 Å². The van der Waals surface area contributed by atoms with E-state index in [1.54, 1.807) is 17.0 Å². The fourth-order valence-corrected chi connectivity index (χ4v) is 5.29. The third-order valence-corrected chi connectivity index (χ3v) is 7.48. The van der Waals surface area contributed by atoms with Crippen LogP contribution in [0.4, 0.5) is 5.82 Å². The molecule has 1 N–H and O–H groups in total. The summed E-state index contributed by atoms with van der Waals surface area (Å²) in [4.78, 5) is 32.0. The number of nitrogens with zero attached hydrogens (tertiary/aromatic N) is 5. The highest BCUT2D eigenvalue weighted by molar-refractivity contribution is 6.30. The molecule has 0 spiro atoms. The van der Waals surface area contributed by atoms with Gasteiger partial charge in [0.2, 0.25) is 5.91 Å². The molecule has 1 amide bonds. The Bertz CT molecular complexity index is 1240. The molecule has 188 valence electrons. The van der Waals surface area contributed by atoms with Crippen LogP contribution < -0.4 is 15.8 Å². The number of aromatic nitrogens is 4. The summed E-state index contributed by atoms with van der Waals surface area (Å²) < 4.78 is 1.57. The molecular weight excluding hydrogens is 476 g/mol. The van der Waals surface area contributed by atoms with Crippen molar-refractivity contribution in [2.75, 3.05) is 24.5 Å². The number of hydrogen-bond donors (Lipinski definition) is 1. The highest BCUT2D eigenvalue weighted by Gasteiger charge is 2.26. The highest BCUT2D eigenvalue weighted by Crippen LogP contribution is 2.32. The van der Waals surface area contributed by atoms with Gasteiger partial charge in [-0.2, -0.15) is 0 Å². The van der Waals surface area contributed by atoms with Gasteiger partial charge >= 0.3 is 0 Å². The van der Waals surface area contributed by atoms with Gasteiger partial charge in [0.05, 0.1) is 23.6 Å². The summed E-state index contributed by atoms with van der Waals surface area (Å²) in [5.74, 6) is 1.06. The number of hydrogen-bond acceptors (Lipinski definition) is 6. The lowest BCUT2D eigenvalue weighted by atomic mass is 9.97. The summed E-state index contributed by atoms with van der Waals surface area (Å²) in [7, 11) is 0. The van der Waals surface area contributed by atoms with Crippen LogP contribution in [0.1, 0.15) is 50.1 Å². The maximum absolute atomic E-state index is 12.9. The number of anilines is 1. The number of carbonyl (C=O) groups excluding carboxylic acids is 1. The first-order chi connectivity index (χ1) is 17.6. The van der Waals surface area contributed by atoms with Crippen LogP contribution in [0.3, 0.4) is 0 Å². The molecule has 2 aliphatic rings.